The molecule has 6 rings (SSSR count). The highest BCUT2D eigenvalue weighted by molar-refractivity contribution is 7.08. The van der Waals surface area contributed by atoms with Gasteiger partial charge in [-0.2, -0.15) is 26.3 Å². The van der Waals surface area contributed by atoms with Crippen LogP contribution in [0.15, 0.2) is 22.9 Å². The molecule has 1 aromatic heterocycles. The number of piperazine rings is 1. The van der Waals surface area contributed by atoms with E-state index in [2.05, 4.69) is 22.2 Å². The number of likely N-dealkylation sites (N-methyl/N-ethyl adjacent to an activating group) is 1. The van der Waals surface area contributed by atoms with Crippen LogP contribution in [0.25, 0.3) is 0 Å². The fourth-order valence-corrected chi connectivity index (χ4v) is 8.57. The van der Waals surface area contributed by atoms with Crippen molar-refractivity contribution >= 4 is 40.6 Å². The van der Waals surface area contributed by atoms with Crippen LogP contribution in [-0.2, 0) is 34.9 Å². The molecule has 3 saturated heterocycles. The van der Waals surface area contributed by atoms with E-state index in [9.17, 15) is 40.7 Å². The predicted octanol–water partition coefficient (Wildman–Crippen LogP) is 5.19. The highest BCUT2D eigenvalue weighted by atomic mass is 32.1. The smallest absolute Gasteiger partial charge is 0.398 e. The van der Waals surface area contributed by atoms with Crippen LogP contribution in [0, 0.1) is 5.92 Å². The van der Waals surface area contributed by atoms with E-state index in [0.29, 0.717) is 70.5 Å². The van der Waals surface area contributed by atoms with E-state index >= 15 is 0 Å². The molecule has 10 nitrogen and oxygen atoms in total. The first-order valence-corrected chi connectivity index (χ1v) is 18.2. The van der Waals surface area contributed by atoms with Gasteiger partial charge in [0.2, 0.25) is 11.8 Å². The van der Waals surface area contributed by atoms with Gasteiger partial charge in [-0.05, 0) is 62.2 Å². The molecule has 17 heteroatoms. The molecule has 4 amide bonds. The second-order valence-corrected chi connectivity index (χ2v) is 14.8. The Hall–Kier alpha value is -3.57. The summed E-state index contributed by atoms with van der Waals surface area (Å²) in [6, 6.07) is 1.04. The number of piperidine rings is 2. The molecule has 0 bridgehead atoms. The number of amides is 4. The molecule has 0 aliphatic carbocycles. The van der Waals surface area contributed by atoms with Crippen LogP contribution in [-0.4, -0.2) is 114 Å². The molecule has 4 aliphatic heterocycles. The zero-order chi connectivity index (χ0) is 36.7. The number of hydrogen-bond acceptors (Lipinski definition) is 7. The molecule has 51 heavy (non-hydrogen) atoms. The van der Waals surface area contributed by atoms with Gasteiger partial charge in [0.15, 0.2) is 0 Å². The van der Waals surface area contributed by atoms with Gasteiger partial charge in [-0.3, -0.25) is 14.5 Å². The third-order valence-electron chi connectivity index (χ3n) is 10.8. The molecule has 5 heterocycles. The number of thiophene rings is 1. The zero-order valence-corrected chi connectivity index (χ0v) is 29.2. The zero-order valence-electron chi connectivity index (χ0n) is 28.4. The van der Waals surface area contributed by atoms with E-state index in [1.54, 1.807) is 14.7 Å². The number of nitrogens with two attached hydrogens (primary N) is 1. The molecule has 280 valence electrons. The third-order valence-corrected chi connectivity index (χ3v) is 11.6. The molecule has 2 aromatic rings. The number of carbonyl (C=O) groups excluding carboxylic acids is 3. The maximum atomic E-state index is 14.1. The maximum Gasteiger partial charge on any atom is 0.418 e. The number of nitrogens with zero attached hydrogens (tertiary/aromatic N) is 5. The lowest BCUT2D eigenvalue weighted by molar-refractivity contribution is -0.143. The quantitative estimate of drug-likeness (QED) is 0.299. The molecular formula is C34H43F6N7O3S. The molecule has 0 spiro atoms. The number of hydrogen-bond donors (Lipinski definition) is 2. The summed E-state index contributed by atoms with van der Waals surface area (Å²) in [7, 11) is 2.06. The number of benzene rings is 1. The van der Waals surface area contributed by atoms with Gasteiger partial charge < -0.3 is 30.7 Å². The second-order valence-electron chi connectivity index (χ2n) is 14.1. The van der Waals surface area contributed by atoms with E-state index in [0.717, 1.165) is 37.4 Å². The molecule has 0 unspecified atom stereocenters. The van der Waals surface area contributed by atoms with E-state index in [1.807, 2.05) is 10.8 Å². The first-order chi connectivity index (χ1) is 24.1. The van der Waals surface area contributed by atoms with Crippen LogP contribution < -0.4 is 11.1 Å². The Morgan fingerprint density at radius 1 is 0.863 bits per heavy atom. The lowest BCUT2D eigenvalue weighted by Gasteiger charge is -2.42. The monoisotopic (exact) mass is 743 g/mol. The minimum atomic E-state index is -5.17. The lowest BCUT2D eigenvalue weighted by atomic mass is 9.90. The fourth-order valence-electron chi connectivity index (χ4n) is 7.79. The molecule has 0 radical (unpaired) electrons. The van der Waals surface area contributed by atoms with Gasteiger partial charge in [0.25, 0.3) is 0 Å². The minimum Gasteiger partial charge on any atom is -0.398 e. The average molecular weight is 744 g/mol. The van der Waals surface area contributed by atoms with Gasteiger partial charge >= 0.3 is 18.4 Å². The standard InChI is InChI=1S/C34H43F6N7O3S/c1-43-10-12-44(13-11-43)24-2-8-46(9-3-24)31(49)22(14-21-15-26(33(35,36)37)30(41)27(16-21)34(38,39)40)17-29(48)45-6-4-25(5-7-45)47-18-23-19-51-20-28(23)42-32(47)50/h15-16,19-20,22,24-25H,2-14,17-18,41H2,1H3,(H,42,50)/t22-/m0/s1. The van der Waals surface area contributed by atoms with Crippen LogP contribution in [0.5, 0.6) is 0 Å². The van der Waals surface area contributed by atoms with Crippen LogP contribution in [0.1, 0.15) is 54.4 Å². The van der Waals surface area contributed by atoms with Gasteiger partial charge in [0.1, 0.15) is 0 Å². The van der Waals surface area contributed by atoms with Gasteiger partial charge in [0, 0.05) is 81.8 Å². The topological polar surface area (TPSA) is 105 Å². The molecule has 1 atom stereocenters. The maximum absolute atomic E-state index is 14.1. The number of likely N-dealkylation sites (tertiary alicyclic amines) is 2. The number of urea groups is 1. The van der Waals surface area contributed by atoms with E-state index in [-0.39, 0.29) is 30.1 Å². The Kier molecular flexibility index (Phi) is 10.8. The Morgan fingerprint density at radius 3 is 2.02 bits per heavy atom. The summed E-state index contributed by atoms with van der Waals surface area (Å²) < 4.78 is 83.3. The first kappa shape index (κ1) is 37.2. The highest BCUT2D eigenvalue weighted by Gasteiger charge is 2.42. The number of anilines is 2. The lowest BCUT2D eigenvalue weighted by Crippen LogP contribution is -2.54. The van der Waals surface area contributed by atoms with E-state index < -0.39 is 53.3 Å². The Balaban J connectivity index is 1.17. The average Bonchev–Trinajstić information content (AvgIpc) is 3.54. The summed E-state index contributed by atoms with van der Waals surface area (Å²) in [4.78, 5) is 50.1. The molecule has 3 N–H and O–H groups in total. The van der Waals surface area contributed by atoms with Gasteiger partial charge in [-0.25, -0.2) is 4.79 Å². The number of nitrogens with one attached hydrogen (secondary N) is 1. The first-order valence-electron chi connectivity index (χ1n) is 17.3. The normalized spacial score (nSPS) is 21.1. The van der Waals surface area contributed by atoms with Gasteiger partial charge in [-0.15, -0.1) is 11.3 Å². The second kappa shape index (κ2) is 14.8. The summed E-state index contributed by atoms with van der Waals surface area (Å²) >= 11 is 1.49. The van der Waals surface area contributed by atoms with Crippen LogP contribution >= 0.6 is 11.3 Å². The summed E-state index contributed by atoms with van der Waals surface area (Å²) in [6.45, 7) is 5.45. The Bertz CT molecular complexity index is 1560. The summed E-state index contributed by atoms with van der Waals surface area (Å²) in [5, 5.41) is 6.74. The number of carbonyl (C=O) groups is 3. The van der Waals surface area contributed by atoms with Crippen LogP contribution in [0.2, 0.25) is 0 Å². The molecule has 1 aromatic carbocycles. The fraction of sp³-hybridized carbons (Fsp3) is 0.618. The number of fused-ring (bicyclic) bond motifs is 1. The van der Waals surface area contributed by atoms with Crippen LogP contribution in [0.4, 0.5) is 42.5 Å². The van der Waals surface area contributed by atoms with Gasteiger partial charge in [0.05, 0.1) is 35.0 Å². The number of nitrogen functional groups attached to an aromatic ring is 1. The Morgan fingerprint density at radius 2 is 1.43 bits per heavy atom. The van der Waals surface area contributed by atoms with Crippen molar-refractivity contribution in [1.82, 2.24) is 24.5 Å². The minimum absolute atomic E-state index is 0.127. The Labute approximate surface area is 296 Å². The van der Waals surface area contributed by atoms with Gasteiger partial charge in [-0.1, -0.05) is 0 Å². The highest BCUT2D eigenvalue weighted by Crippen LogP contribution is 2.42. The molecule has 4 aliphatic rings. The van der Waals surface area contributed by atoms with Crippen molar-refractivity contribution in [2.45, 2.75) is 69.5 Å². The van der Waals surface area contributed by atoms with E-state index in [1.165, 1.54) is 11.3 Å². The van der Waals surface area contributed by atoms with Crippen molar-refractivity contribution in [2.24, 2.45) is 5.92 Å². The largest absolute Gasteiger partial charge is 0.418 e. The number of rotatable bonds is 7. The van der Waals surface area contributed by atoms with Crippen molar-refractivity contribution < 1.29 is 40.7 Å². The summed E-state index contributed by atoms with van der Waals surface area (Å²) in [5.74, 6) is -2.07. The molecule has 3 fully saturated rings. The van der Waals surface area contributed by atoms with Crippen molar-refractivity contribution in [3.63, 3.8) is 0 Å². The summed E-state index contributed by atoms with van der Waals surface area (Å²) in [5.41, 5.74) is 2.12. The van der Waals surface area contributed by atoms with Crippen molar-refractivity contribution in [3.05, 3.63) is 45.1 Å². The van der Waals surface area contributed by atoms with Crippen molar-refractivity contribution in [3.8, 4) is 0 Å². The predicted molar refractivity (Wildman–Crippen MR) is 180 cm³/mol. The SMILES string of the molecule is CN1CCN(C2CCN(C(=O)[C@H](CC(=O)N3CCC(N4Cc5cscc5NC4=O)CC3)Cc3cc(C(F)(F)F)c(N)c(C(F)(F)F)c3)CC2)CC1. The number of alkyl halides is 6. The van der Waals surface area contributed by atoms with Crippen LogP contribution in [0.3, 0.4) is 0 Å². The van der Waals surface area contributed by atoms with E-state index in [4.69, 9.17) is 5.73 Å². The molecule has 0 saturated carbocycles. The van der Waals surface area contributed by atoms with Crippen molar-refractivity contribution in [2.75, 3.05) is 70.5 Å². The van der Waals surface area contributed by atoms with Crippen molar-refractivity contribution in [1.29, 1.82) is 0 Å². The summed E-state index contributed by atoms with van der Waals surface area (Å²) in [6.07, 6.45) is -8.88. The third kappa shape index (κ3) is 8.40. The molecular weight excluding hydrogens is 700 g/mol. The number of halogens is 6.